The van der Waals surface area contributed by atoms with Gasteiger partial charge in [0.1, 0.15) is 11.8 Å². The van der Waals surface area contributed by atoms with Crippen LogP contribution in [0.25, 0.3) is 0 Å². The van der Waals surface area contributed by atoms with E-state index in [-0.39, 0.29) is 17.7 Å². The van der Waals surface area contributed by atoms with Crippen molar-refractivity contribution < 1.29 is 9.21 Å². The summed E-state index contributed by atoms with van der Waals surface area (Å²) in [6, 6.07) is 7.51. The lowest BCUT2D eigenvalue weighted by Crippen LogP contribution is -2.28. The fourth-order valence-electron chi connectivity index (χ4n) is 2.59. The molecule has 0 aromatic carbocycles. The molecule has 4 rings (SSSR count). The third kappa shape index (κ3) is 3.53. The Kier molecular flexibility index (Phi) is 5.05. The Labute approximate surface area is 162 Å². The van der Waals surface area contributed by atoms with E-state index in [2.05, 4.69) is 20.6 Å². The maximum absolute atomic E-state index is 12.8. The number of thiophene rings is 1. The zero-order valence-corrected chi connectivity index (χ0v) is 16.2. The van der Waals surface area contributed by atoms with E-state index in [4.69, 9.17) is 4.42 Å². The third-order valence-corrected chi connectivity index (χ3v) is 6.76. The number of thioether (sulfide) groups is 1. The molecular formula is C16H15N5O2S3. The third-order valence-electron chi connectivity index (χ3n) is 3.78. The van der Waals surface area contributed by atoms with E-state index >= 15 is 0 Å². The van der Waals surface area contributed by atoms with Gasteiger partial charge in [0.2, 0.25) is 5.13 Å². The monoisotopic (exact) mass is 405 g/mol. The fourth-order valence-corrected chi connectivity index (χ4v) is 4.87. The summed E-state index contributed by atoms with van der Waals surface area (Å²) in [6.45, 7) is 0. The summed E-state index contributed by atoms with van der Waals surface area (Å²) in [4.78, 5) is 13.9. The van der Waals surface area contributed by atoms with Crippen LogP contribution in [0, 0.1) is 0 Å². The summed E-state index contributed by atoms with van der Waals surface area (Å²) < 4.78 is 6.29. The van der Waals surface area contributed by atoms with Crippen LogP contribution in [0.5, 0.6) is 0 Å². The maximum atomic E-state index is 12.8. The molecule has 1 aliphatic heterocycles. The van der Waals surface area contributed by atoms with Gasteiger partial charge in [0, 0.05) is 13.5 Å². The summed E-state index contributed by atoms with van der Waals surface area (Å²) in [6.07, 6.45) is 2.27. The van der Waals surface area contributed by atoms with Crippen molar-refractivity contribution in [2.45, 2.75) is 16.8 Å². The molecule has 0 spiro atoms. The van der Waals surface area contributed by atoms with Gasteiger partial charge in [0.05, 0.1) is 22.6 Å². The van der Waals surface area contributed by atoms with Crippen LogP contribution in [0.3, 0.4) is 0 Å². The number of carbonyl (C=O) groups excluding carboxylic acids is 1. The zero-order valence-electron chi connectivity index (χ0n) is 13.8. The van der Waals surface area contributed by atoms with Crippen LogP contribution in [0.4, 0.5) is 5.13 Å². The number of hydrogen-bond donors (Lipinski definition) is 1. The average molecular weight is 406 g/mol. The molecule has 3 aromatic rings. The highest BCUT2D eigenvalue weighted by Crippen LogP contribution is 2.35. The number of hydrazone groups is 1. The topological polar surface area (TPSA) is 83.6 Å². The molecule has 1 aliphatic rings. The van der Waals surface area contributed by atoms with Crippen molar-refractivity contribution in [3.05, 3.63) is 46.5 Å². The Morgan fingerprint density at radius 2 is 2.35 bits per heavy atom. The van der Waals surface area contributed by atoms with E-state index in [0.29, 0.717) is 6.42 Å². The summed E-state index contributed by atoms with van der Waals surface area (Å²) in [5, 5.41) is 19.9. The first-order chi connectivity index (χ1) is 12.7. The summed E-state index contributed by atoms with van der Waals surface area (Å²) in [7, 11) is 1.79. The van der Waals surface area contributed by atoms with Gasteiger partial charge in [-0.1, -0.05) is 29.2 Å². The summed E-state index contributed by atoms with van der Waals surface area (Å²) in [5.74, 6) is 0.910. The smallest absolute Gasteiger partial charge is 0.253 e. The minimum atomic E-state index is -0.211. The van der Waals surface area contributed by atoms with Crippen molar-refractivity contribution in [3.63, 3.8) is 0 Å². The Bertz CT molecular complexity index is 904. The van der Waals surface area contributed by atoms with E-state index in [1.165, 1.54) is 23.1 Å². The second-order valence-corrected chi connectivity index (χ2v) is 8.56. The van der Waals surface area contributed by atoms with Crippen LogP contribution in [0.1, 0.15) is 23.1 Å². The molecule has 10 heteroatoms. The SMILES string of the molecule is CNc1nnc(SCC(=O)N2N=C(c3cccs3)C[C@@H]2c2ccco2)s1. The number of rotatable bonds is 6. The summed E-state index contributed by atoms with van der Waals surface area (Å²) in [5.41, 5.74) is 0.910. The molecular weight excluding hydrogens is 390 g/mol. The number of anilines is 1. The first kappa shape index (κ1) is 17.3. The van der Waals surface area contributed by atoms with Gasteiger partial charge in [0.25, 0.3) is 5.91 Å². The Balaban J connectivity index is 1.51. The number of carbonyl (C=O) groups is 1. The first-order valence-electron chi connectivity index (χ1n) is 7.85. The largest absolute Gasteiger partial charge is 0.467 e. The molecule has 1 N–H and O–H groups in total. The van der Waals surface area contributed by atoms with Crippen molar-refractivity contribution in [1.29, 1.82) is 0 Å². The number of hydrogen-bond acceptors (Lipinski definition) is 9. The number of furan rings is 1. The second kappa shape index (κ2) is 7.60. The molecule has 4 heterocycles. The van der Waals surface area contributed by atoms with Crippen LogP contribution >= 0.6 is 34.4 Å². The second-order valence-electron chi connectivity index (χ2n) is 5.41. The number of nitrogens with one attached hydrogen (secondary N) is 1. The molecule has 0 saturated carbocycles. The van der Waals surface area contributed by atoms with Gasteiger partial charge in [0.15, 0.2) is 4.34 Å². The minimum absolute atomic E-state index is 0.0795. The van der Waals surface area contributed by atoms with E-state index in [1.54, 1.807) is 29.7 Å². The van der Waals surface area contributed by atoms with E-state index < -0.39 is 0 Å². The van der Waals surface area contributed by atoms with Crippen molar-refractivity contribution in [1.82, 2.24) is 15.2 Å². The molecule has 0 aliphatic carbocycles. The lowest BCUT2D eigenvalue weighted by Gasteiger charge is -2.19. The Hall–Kier alpha value is -2.17. The van der Waals surface area contributed by atoms with Crippen LogP contribution in [-0.2, 0) is 4.79 Å². The Morgan fingerprint density at radius 3 is 3.04 bits per heavy atom. The lowest BCUT2D eigenvalue weighted by atomic mass is 10.1. The molecule has 26 heavy (non-hydrogen) atoms. The predicted molar refractivity (Wildman–Crippen MR) is 104 cm³/mol. The first-order valence-corrected chi connectivity index (χ1v) is 10.5. The lowest BCUT2D eigenvalue weighted by molar-refractivity contribution is -0.130. The van der Waals surface area contributed by atoms with Gasteiger partial charge in [-0.2, -0.15) is 5.10 Å². The highest BCUT2D eigenvalue weighted by Gasteiger charge is 2.35. The van der Waals surface area contributed by atoms with Crippen LogP contribution in [0.15, 0.2) is 49.8 Å². The van der Waals surface area contributed by atoms with Crippen molar-refractivity contribution in [3.8, 4) is 0 Å². The molecule has 0 saturated heterocycles. The van der Waals surface area contributed by atoms with Crippen LogP contribution in [0.2, 0.25) is 0 Å². The molecule has 3 aromatic heterocycles. The van der Waals surface area contributed by atoms with E-state index in [9.17, 15) is 4.79 Å². The van der Waals surface area contributed by atoms with Gasteiger partial charge in [-0.25, -0.2) is 5.01 Å². The van der Waals surface area contributed by atoms with Crippen LogP contribution in [-0.4, -0.2) is 39.6 Å². The van der Waals surface area contributed by atoms with Crippen molar-refractivity contribution in [2.75, 3.05) is 18.1 Å². The molecule has 0 fully saturated rings. The normalized spacial score (nSPS) is 16.7. The number of nitrogens with zero attached hydrogens (tertiary/aromatic N) is 4. The van der Waals surface area contributed by atoms with Gasteiger partial charge >= 0.3 is 0 Å². The summed E-state index contributed by atoms with van der Waals surface area (Å²) >= 11 is 4.41. The quantitative estimate of drug-likeness (QED) is 0.630. The molecule has 1 amide bonds. The minimum Gasteiger partial charge on any atom is -0.467 e. The highest BCUT2D eigenvalue weighted by molar-refractivity contribution is 8.01. The van der Waals surface area contributed by atoms with Gasteiger partial charge < -0.3 is 9.73 Å². The maximum Gasteiger partial charge on any atom is 0.253 e. The average Bonchev–Trinajstić information content (AvgIpc) is 3.45. The van der Waals surface area contributed by atoms with Crippen molar-refractivity contribution >= 4 is 51.2 Å². The zero-order chi connectivity index (χ0) is 17.9. The molecule has 0 radical (unpaired) electrons. The number of amides is 1. The highest BCUT2D eigenvalue weighted by atomic mass is 32.2. The standard InChI is InChI=1S/C16H15N5O2S3/c1-17-15-18-19-16(26-15)25-9-14(22)21-11(12-4-2-6-23-12)8-10(20-21)13-5-3-7-24-13/h2-7,11H,8-9H2,1H3,(H,17,18)/t11-/m1/s1. The Morgan fingerprint density at radius 1 is 1.42 bits per heavy atom. The number of aromatic nitrogens is 2. The van der Waals surface area contributed by atoms with E-state index in [0.717, 1.165) is 25.8 Å². The van der Waals surface area contributed by atoms with Crippen LogP contribution < -0.4 is 5.32 Å². The molecule has 1 atom stereocenters. The van der Waals surface area contributed by atoms with Gasteiger partial charge in [-0.3, -0.25) is 4.79 Å². The predicted octanol–water partition coefficient (Wildman–Crippen LogP) is 3.70. The van der Waals surface area contributed by atoms with Gasteiger partial charge in [-0.05, 0) is 23.6 Å². The molecule has 134 valence electrons. The van der Waals surface area contributed by atoms with Crippen molar-refractivity contribution in [2.24, 2.45) is 5.10 Å². The molecule has 7 nitrogen and oxygen atoms in total. The van der Waals surface area contributed by atoms with E-state index in [1.807, 2.05) is 29.6 Å². The van der Waals surface area contributed by atoms with Gasteiger partial charge in [-0.15, -0.1) is 21.5 Å². The molecule has 0 bridgehead atoms. The fraction of sp³-hybridized carbons (Fsp3) is 0.250. The molecule has 0 unspecified atom stereocenters.